The molecule has 5 nitrogen and oxygen atoms in total. The van der Waals surface area contributed by atoms with Crippen LogP contribution in [0.1, 0.15) is 32.1 Å². The van der Waals surface area contributed by atoms with E-state index in [0.717, 1.165) is 49.7 Å². The van der Waals surface area contributed by atoms with Crippen LogP contribution in [-0.2, 0) is 4.79 Å². The normalized spacial score (nSPS) is 18.9. The Morgan fingerprint density at radius 3 is 2.56 bits per heavy atom. The number of amides is 1. The summed E-state index contributed by atoms with van der Waals surface area (Å²) in [6.45, 7) is 3.22. The van der Waals surface area contributed by atoms with Gasteiger partial charge in [-0.2, -0.15) is 5.26 Å². The molecule has 1 aromatic carbocycles. The molecule has 1 aliphatic carbocycles. The van der Waals surface area contributed by atoms with Crippen LogP contribution in [0.4, 0.5) is 5.69 Å². The number of nitrogens with zero attached hydrogens (tertiary/aromatic N) is 4. The summed E-state index contributed by atoms with van der Waals surface area (Å²) in [5.74, 6) is -0.151. The van der Waals surface area contributed by atoms with Gasteiger partial charge in [-0.3, -0.25) is 4.79 Å². The molecule has 0 spiro atoms. The molecule has 0 unspecified atom stereocenters. The number of benzene rings is 1. The molecule has 1 amide bonds. The average molecular weight is 387 g/mol. The van der Waals surface area contributed by atoms with Crippen molar-refractivity contribution in [2.45, 2.75) is 38.1 Å². The molecule has 144 valence electrons. The van der Waals surface area contributed by atoms with Gasteiger partial charge in [-0.05, 0) is 31.0 Å². The lowest BCUT2D eigenvalue weighted by Gasteiger charge is -2.36. The molecule has 0 aromatic heterocycles. The number of piperazine rings is 1. The molecule has 2 fully saturated rings. The Labute approximate surface area is 166 Å². The lowest BCUT2D eigenvalue weighted by atomic mass is 9.94. The SMILES string of the molecule is CN(C(=O)/C(C#N)=C\N1CCN(c2cccc(Cl)c2)CC1)C1CCCCC1. The van der Waals surface area contributed by atoms with Gasteiger partial charge in [0.25, 0.3) is 5.91 Å². The highest BCUT2D eigenvalue weighted by Crippen LogP contribution is 2.23. The van der Waals surface area contributed by atoms with E-state index in [-0.39, 0.29) is 17.5 Å². The number of hydrogen-bond donors (Lipinski definition) is 0. The Hall–Kier alpha value is -2.19. The van der Waals surface area contributed by atoms with Crippen molar-refractivity contribution >= 4 is 23.2 Å². The molecule has 0 bridgehead atoms. The van der Waals surface area contributed by atoms with E-state index in [1.807, 2.05) is 25.2 Å². The van der Waals surface area contributed by atoms with E-state index in [1.54, 1.807) is 11.1 Å². The van der Waals surface area contributed by atoms with Crippen molar-refractivity contribution in [1.82, 2.24) is 9.80 Å². The maximum absolute atomic E-state index is 12.8. The second kappa shape index (κ2) is 9.14. The maximum atomic E-state index is 12.8. The summed E-state index contributed by atoms with van der Waals surface area (Å²) in [6.07, 6.45) is 7.41. The summed E-state index contributed by atoms with van der Waals surface area (Å²) in [4.78, 5) is 18.9. The highest BCUT2D eigenvalue weighted by molar-refractivity contribution is 6.30. The van der Waals surface area contributed by atoms with E-state index in [9.17, 15) is 10.1 Å². The van der Waals surface area contributed by atoms with Gasteiger partial charge in [0.15, 0.2) is 0 Å². The van der Waals surface area contributed by atoms with Crippen molar-refractivity contribution in [1.29, 1.82) is 5.26 Å². The molecule has 1 saturated carbocycles. The van der Waals surface area contributed by atoms with Gasteiger partial charge in [0.1, 0.15) is 11.6 Å². The highest BCUT2D eigenvalue weighted by Gasteiger charge is 2.25. The summed E-state index contributed by atoms with van der Waals surface area (Å²) in [6, 6.07) is 10.2. The van der Waals surface area contributed by atoms with E-state index in [2.05, 4.69) is 21.9 Å². The van der Waals surface area contributed by atoms with Gasteiger partial charge in [-0.1, -0.05) is 36.9 Å². The second-order valence-corrected chi connectivity index (χ2v) is 7.80. The zero-order chi connectivity index (χ0) is 19.2. The van der Waals surface area contributed by atoms with Crippen LogP contribution in [0.25, 0.3) is 0 Å². The molecular formula is C21H27ClN4O. The number of anilines is 1. The average Bonchev–Trinajstić information content (AvgIpc) is 2.72. The molecule has 27 heavy (non-hydrogen) atoms. The Morgan fingerprint density at radius 1 is 1.22 bits per heavy atom. The van der Waals surface area contributed by atoms with Crippen molar-refractivity contribution in [3.05, 3.63) is 41.1 Å². The van der Waals surface area contributed by atoms with Crippen LogP contribution in [-0.4, -0.2) is 55.0 Å². The monoisotopic (exact) mass is 386 g/mol. The van der Waals surface area contributed by atoms with Gasteiger partial charge in [0.05, 0.1) is 0 Å². The van der Waals surface area contributed by atoms with Gasteiger partial charge in [0.2, 0.25) is 0 Å². The number of nitriles is 1. The topological polar surface area (TPSA) is 50.6 Å². The van der Waals surface area contributed by atoms with Gasteiger partial charge < -0.3 is 14.7 Å². The summed E-state index contributed by atoms with van der Waals surface area (Å²) < 4.78 is 0. The number of likely N-dealkylation sites (N-methyl/N-ethyl adjacent to an activating group) is 1. The number of halogens is 1. The van der Waals surface area contributed by atoms with E-state index in [4.69, 9.17) is 11.6 Å². The second-order valence-electron chi connectivity index (χ2n) is 7.37. The fourth-order valence-electron chi connectivity index (χ4n) is 3.92. The van der Waals surface area contributed by atoms with Crippen molar-refractivity contribution in [2.75, 3.05) is 38.1 Å². The van der Waals surface area contributed by atoms with Crippen LogP contribution < -0.4 is 4.90 Å². The smallest absolute Gasteiger partial charge is 0.265 e. The molecule has 6 heteroatoms. The predicted molar refractivity (Wildman–Crippen MR) is 109 cm³/mol. The Kier molecular flexibility index (Phi) is 6.63. The first kappa shape index (κ1) is 19.6. The number of carbonyl (C=O) groups is 1. The van der Waals surface area contributed by atoms with Crippen molar-refractivity contribution < 1.29 is 4.79 Å². The minimum absolute atomic E-state index is 0.151. The van der Waals surface area contributed by atoms with Gasteiger partial charge >= 0.3 is 0 Å². The summed E-state index contributed by atoms with van der Waals surface area (Å²) in [5.41, 5.74) is 1.35. The number of hydrogen-bond acceptors (Lipinski definition) is 4. The third kappa shape index (κ3) is 4.95. The lowest BCUT2D eigenvalue weighted by Crippen LogP contribution is -2.45. The Bertz CT molecular complexity index is 728. The molecule has 0 radical (unpaired) electrons. The summed E-state index contributed by atoms with van der Waals surface area (Å²) in [5, 5.41) is 10.3. The van der Waals surface area contributed by atoms with Gasteiger partial charge in [-0.25, -0.2) is 0 Å². The van der Waals surface area contributed by atoms with Crippen molar-refractivity contribution in [2.24, 2.45) is 0 Å². The maximum Gasteiger partial charge on any atom is 0.265 e. The standard InChI is InChI=1S/C21H27ClN4O/c1-24(19-7-3-2-4-8-19)21(27)17(15-23)16-25-10-12-26(13-11-25)20-9-5-6-18(22)14-20/h5-6,9,14,16,19H,2-4,7-8,10-13H2,1H3/b17-16-. The Balaban J connectivity index is 1.60. The van der Waals surface area contributed by atoms with E-state index in [0.29, 0.717) is 0 Å². The molecule has 1 saturated heterocycles. The minimum atomic E-state index is -0.151. The first-order chi connectivity index (χ1) is 13.1. The minimum Gasteiger partial charge on any atom is -0.373 e. The number of rotatable bonds is 4. The molecule has 3 rings (SSSR count). The first-order valence-corrected chi connectivity index (χ1v) is 10.1. The van der Waals surface area contributed by atoms with Crippen molar-refractivity contribution in [3.8, 4) is 6.07 Å². The van der Waals surface area contributed by atoms with Crippen LogP contribution >= 0.6 is 11.6 Å². The summed E-state index contributed by atoms with van der Waals surface area (Å²) >= 11 is 6.08. The molecule has 2 aliphatic rings. The third-order valence-corrected chi connectivity index (χ3v) is 5.83. The van der Waals surface area contributed by atoms with E-state index >= 15 is 0 Å². The van der Waals surface area contributed by atoms with Crippen LogP contribution in [0, 0.1) is 11.3 Å². The van der Waals surface area contributed by atoms with Crippen LogP contribution in [0.5, 0.6) is 0 Å². The predicted octanol–water partition coefficient (Wildman–Crippen LogP) is 3.66. The fourth-order valence-corrected chi connectivity index (χ4v) is 4.11. The molecule has 0 N–H and O–H groups in total. The molecule has 1 aliphatic heterocycles. The van der Waals surface area contributed by atoms with Crippen LogP contribution in [0.15, 0.2) is 36.0 Å². The zero-order valence-corrected chi connectivity index (χ0v) is 16.7. The molecule has 0 atom stereocenters. The van der Waals surface area contributed by atoms with Crippen molar-refractivity contribution in [3.63, 3.8) is 0 Å². The largest absolute Gasteiger partial charge is 0.373 e. The quantitative estimate of drug-likeness (QED) is 0.585. The van der Waals surface area contributed by atoms with E-state index in [1.165, 1.54) is 19.3 Å². The fraction of sp³-hybridized carbons (Fsp3) is 0.524. The first-order valence-electron chi connectivity index (χ1n) is 9.72. The lowest BCUT2D eigenvalue weighted by molar-refractivity contribution is -0.128. The third-order valence-electron chi connectivity index (χ3n) is 5.59. The Morgan fingerprint density at radius 2 is 1.93 bits per heavy atom. The van der Waals surface area contributed by atoms with Crippen LogP contribution in [0.3, 0.4) is 0 Å². The molecular weight excluding hydrogens is 360 g/mol. The molecule has 1 aromatic rings. The number of carbonyl (C=O) groups excluding carboxylic acids is 1. The molecule has 1 heterocycles. The highest BCUT2D eigenvalue weighted by atomic mass is 35.5. The van der Waals surface area contributed by atoms with Gasteiger partial charge in [0, 0.05) is 56.2 Å². The van der Waals surface area contributed by atoms with E-state index < -0.39 is 0 Å². The van der Waals surface area contributed by atoms with Crippen LogP contribution in [0.2, 0.25) is 5.02 Å². The van der Waals surface area contributed by atoms with Gasteiger partial charge in [-0.15, -0.1) is 0 Å². The zero-order valence-electron chi connectivity index (χ0n) is 15.9. The summed E-state index contributed by atoms with van der Waals surface area (Å²) in [7, 11) is 1.83.